The summed E-state index contributed by atoms with van der Waals surface area (Å²) < 4.78 is 212. The number of aromatic carboxylic acids is 1. The van der Waals surface area contributed by atoms with Crippen LogP contribution in [0.4, 0.5) is 56.6 Å². The predicted molar refractivity (Wildman–Crippen MR) is 327 cm³/mol. The molecular weight excluding hydrogens is 1520 g/mol. The molecule has 0 spiro atoms. The number of nitrogens with zero attached hydrogens (tertiary/aromatic N) is 7. The van der Waals surface area contributed by atoms with E-state index < -0.39 is 160 Å². The van der Waals surface area contributed by atoms with E-state index in [1.807, 2.05) is 5.32 Å². The number of pyridine rings is 1. The fourth-order valence-electron chi connectivity index (χ4n) is 6.33. The van der Waals surface area contributed by atoms with Crippen molar-refractivity contribution < 1.29 is 133 Å². The number of aliphatic carboxylic acids is 1. The molecule has 4 aromatic heterocycles. The molecule has 0 saturated heterocycles. The number of aryl methyl sites for hydroxylation is 1. The number of sulfone groups is 1. The summed E-state index contributed by atoms with van der Waals surface area (Å²) in [5, 5.41) is 25.5. The van der Waals surface area contributed by atoms with E-state index in [4.69, 9.17) is 40.9 Å². The Balaban J connectivity index is 0.000000451. The number of nitrogens with one attached hydrogen (secondary N) is 5. The molecule has 0 aliphatic heterocycles. The lowest BCUT2D eigenvalue weighted by atomic mass is 10.1. The van der Waals surface area contributed by atoms with E-state index in [-0.39, 0.29) is 45.3 Å². The maximum atomic E-state index is 14.3. The third-order valence-corrected chi connectivity index (χ3v) is 16.2. The Hall–Kier alpha value is -8.37. The number of urea groups is 2. The first kappa shape index (κ1) is 84.7. The van der Waals surface area contributed by atoms with Crippen LogP contribution in [0.3, 0.4) is 0 Å². The lowest BCUT2D eigenvalue weighted by Crippen LogP contribution is -2.36. The molecule has 4 amide bonds. The zero-order valence-corrected chi connectivity index (χ0v) is 57.4. The number of hydrogen-bond acceptors (Lipinski definition) is 25. The van der Waals surface area contributed by atoms with Crippen LogP contribution in [0.15, 0.2) is 86.2 Å². The standard InChI is InChI=1S/C15H12BrClF4N2O2.C14H10F4N4O7S.C14H17N5O7S2.C3H8NO5P.C3H9S/c1-6(2)25-14(24)7-4-8(10(18)5-9(7)17)12-11(16)13(15(19,20)21)23(3)22-12;15-11(16)28-8-5-9(29-12(17)18)20-13(19-8)21-14(25)22-30(26,27)7-4-2-1-3-6(7)10(23)24;1-4-27(21,22)9-6-5-7-15-12(9)28(23,24)19-14(20)18-13-16-10(25-2)8-11(17-13)26-3;5-3(6)1-4-2-10(7,8)9;1-4(2)3/h4-6H,1-3H3;1-5,11-12H,(H,23,24)(H2,19,20,21,22,25);5-8H,4H2,1-3H3,(H2,16,17,18,19,20);4H,1-2H2,(H,5,6)(H2,7,8,9);1-3H3/q;;;;+1/p-1. The molecule has 0 aliphatic rings. The number of aromatic nitrogens is 7. The van der Waals surface area contributed by atoms with Crippen LogP contribution in [-0.2, 0) is 68.1 Å². The van der Waals surface area contributed by atoms with Gasteiger partial charge in [0.05, 0.1) is 90.4 Å². The maximum absolute atomic E-state index is 14.3. The molecule has 1 unspecified atom stereocenters. The molecule has 6 rings (SSSR count). The van der Waals surface area contributed by atoms with Gasteiger partial charge in [-0.3, -0.25) is 25.4 Å². The number of carbonyl (C=O) groups is 5. The Kier molecular flexibility index (Phi) is 32.7. The molecule has 0 saturated carbocycles. The number of anilines is 2. The van der Waals surface area contributed by atoms with E-state index in [0.29, 0.717) is 21.6 Å². The molecule has 6 aromatic rings. The second kappa shape index (κ2) is 37.4. The number of carbonyl (C=O) groups excluding carboxylic acids is 3. The Labute approximate surface area is 561 Å². The number of ether oxygens (including phenoxy) is 5. The number of sulfonamides is 2. The molecule has 1 atom stereocenters. The number of benzene rings is 2. The van der Waals surface area contributed by atoms with E-state index in [1.54, 1.807) is 23.9 Å². The summed E-state index contributed by atoms with van der Waals surface area (Å²) in [5.74, 6) is -7.88. The first-order valence-corrected chi connectivity index (χ1v) is 35.6. The quantitative estimate of drug-likeness (QED) is 0.0168. The Morgan fingerprint density at radius 1 is 0.773 bits per heavy atom. The average Bonchev–Trinajstić information content (AvgIpc) is 1.70. The van der Waals surface area contributed by atoms with Crippen LogP contribution in [-0.4, -0.2) is 176 Å². The molecule has 97 heavy (non-hydrogen) atoms. The van der Waals surface area contributed by atoms with Gasteiger partial charge in [-0.15, -0.1) is 0 Å². The minimum atomic E-state index is -4.71. The van der Waals surface area contributed by atoms with Crippen LogP contribution in [0.5, 0.6) is 23.5 Å². The predicted octanol–water partition coefficient (Wildman–Crippen LogP) is 5.96. The third-order valence-electron chi connectivity index (χ3n) is 9.93. The van der Waals surface area contributed by atoms with Crippen molar-refractivity contribution in [2.75, 3.05) is 62.2 Å². The van der Waals surface area contributed by atoms with E-state index in [0.717, 1.165) is 43.6 Å². The topological polar surface area (TPSA) is 477 Å². The smallest absolute Gasteiger partial charge is 0.434 e. The summed E-state index contributed by atoms with van der Waals surface area (Å²) in [5.41, 5.74) is -2.50. The summed E-state index contributed by atoms with van der Waals surface area (Å²) in [7, 11) is -13.2. The van der Waals surface area contributed by atoms with Crippen molar-refractivity contribution in [3.8, 4) is 34.8 Å². The monoisotopic (exact) mass is 1570 g/mol. The number of esters is 1. The van der Waals surface area contributed by atoms with Crippen LogP contribution in [0, 0.1) is 5.82 Å². The largest absolute Gasteiger partial charge is 0.778 e. The van der Waals surface area contributed by atoms with Gasteiger partial charge in [0.2, 0.25) is 35.4 Å². The van der Waals surface area contributed by atoms with Crippen LogP contribution in [0.1, 0.15) is 47.2 Å². The van der Waals surface area contributed by atoms with Gasteiger partial charge in [0.25, 0.3) is 20.0 Å². The number of amides is 4. The highest BCUT2D eigenvalue weighted by atomic mass is 79.9. The number of carboxylic acids is 2. The maximum Gasteiger partial charge on any atom is 0.434 e. The fourth-order valence-corrected chi connectivity index (χ4v) is 11.4. The number of carboxylic acid groups (broad SMARTS) is 2. The highest BCUT2D eigenvalue weighted by Crippen LogP contribution is 2.41. The van der Waals surface area contributed by atoms with Crippen molar-refractivity contribution in [3.63, 3.8) is 0 Å². The SMILES string of the molecule is CC(C)OC(=O)c1cc(-c2nn(C)c(C(F)(F)F)c2Br)c(F)cc1Cl.CCS(=O)(=O)c1cccnc1S(=O)(=O)NC(=O)Nc1nc(OC)cc(OC)n1.C[S+](C)C.O=C(Nc1nc(OC(F)F)cc(OC(F)F)n1)NS(=O)(=O)c1ccccc1C(=O)O.O=C(O)CNCP(=O)([O-])O. The van der Waals surface area contributed by atoms with Crippen LogP contribution < -0.4 is 49.2 Å². The molecule has 4 heterocycles. The molecule has 0 aliphatic carbocycles. The second-order valence-corrected chi connectivity index (χ2v) is 29.0. The van der Waals surface area contributed by atoms with Crippen molar-refractivity contribution >= 4 is 118 Å². The first-order chi connectivity index (χ1) is 44.7. The summed E-state index contributed by atoms with van der Waals surface area (Å²) in [6.07, 6.45) is 1.83. The van der Waals surface area contributed by atoms with Crippen LogP contribution in [0.2, 0.25) is 5.02 Å². The Morgan fingerprint density at radius 3 is 1.68 bits per heavy atom. The molecule has 2 aromatic carbocycles. The van der Waals surface area contributed by atoms with Gasteiger partial charge in [-0.2, -0.15) is 64.2 Å². The zero-order valence-electron chi connectivity index (χ0n) is 50.9. The highest BCUT2D eigenvalue weighted by molar-refractivity contribution is 9.10. The molecule has 0 radical (unpaired) electrons. The summed E-state index contributed by atoms with van der Waals surface area (Å²) in [4.78, 5) is 91.5. The number of alkyl halides is 7. The molecule has 8 N–H and O–H groups in total. The van der Waals surface area contributed by atoms with Gasteiger partial charge >= 0.3 is 49.4 Å². The van der Waals surface area contributed by atoms with Crippen LogP contribution in [0.25, 0.3) is 11.3 Å². The van der Waals surface area contributed by atoms with Gasteiger partial charge in [0.15, 0.2) is 20.6 Å². The normalized spacial score (nSPS) is 11.9. The summed E-state index contributed by atoms with van der Waals surface area (Å²) in [6.45, 7) is -2.72. The molecule has 33 nitrogen and oxygen atoms in total. The van der Waals surface area contributed by atoms with Crippen molar-refractivity contribution in [2.24, 2.45) is 7.05 Å². The van der Waals surface area contributed by atoms with Gasteiger partial charge in [0.1, 0.15) is 28.9 Å². The van der Waals surface area contributed by atoms with E-state index in [1.165, 1.54) is 50.1 Å². The Bertz CT molecular complexity index is 4120. The van der Waals surface area contributed by atoms with Crippen molar-refractivity contribution in [2.45, 2.75) is 61.1 Å². The van der Waals surface area contributed by atoms with Gasteiger partial charge < -0.3 is 48.2 Å². The fraction of sp³-hybridized carbons (Fsp3) is 0.327. The summed E-state index contributed by atoms with van der Waals surface area (Å²) >= 11 is 8.67. The lowest BCUT2D eigenvalue weighted by Gasteiger charge is -2.14. The number of methoxy groups -OCH3 is 2. The minimum absolute atomic E-state index is 0.0612. The van der Waals surface area contributed by atoms with E-state index >= 15 is 0 Å². The number of halogens is 10. The van der Waals surface area contributed by atoms with Gasteiger partial charge in [-0.1, -0.05) is 30.7 Å². The highest BCUT2D eigenvalue weighted by Gasteiger charge is 2.39. The van der Waals surface area contributed by atoms with Gasteiger partial charge in [-0.25, -0.2) is 54.8 Å². The van der Waals surface area contributed by atoms with Crippen molar-refractivity contribution in [1.82, 2.24) is 49.5 Å². The number of rotatable bonds is 22. The van der Waals surface area contributed by atoms with Crippen LogP contribution >= 0.6 is 35.1 Å². The average molecular weight is 1570 g/mol. The molecule has 48 heteroatoms. The van der Waals surface area contributed by atoms with E-state index in [9.17, 15) is 93.8 Å². The van der Waals surface area contributed by atoms with Gasteiger partial charge in [0, 0.05) is 18.8 Å². The minimum Gasteiger partial charge on any atom is -0.778 e. The zero-order chi connectivity index (χ0) is 74.3. The van der Waals surface area contributed by atoms with Crippen molar-refractivity contribution in [3.05, 3.63) is 99.0 Å². The molecular formula is C49H55BrClF8N12O21PS4. The Morgan fingerprint density at radius 2 is 1.25 bits per heavy atom. The van der Waals surface area contributed by atoms with E-state index in [2.05, 4.69) is 79.5 Å². The molecule has 0 bridgehead atoms. The van der Waals surface area contributed by atoms with Crippen molar-refractivity contribution in [1.29, 1.82) is 0 Å². The third kappa shape index (κ3) is 28.7. The molecule has 536 valence electrons. The second-order valence-electron chi connectivity index (χ2n) is 18.3. The lowest BCUT2D eigenvalue weighted by molar-refractivity contribution is -0.193. The number of hydrogen-bond donors (Lipinski definition) is 8. The summed E-state index contributed by atoms with van der Waals surface area (Å²) in [6, 6.07) is 7.56. The molecule has 0 fully saturated rings. The first-order valence-electron chi connectivity index (χ1n) is 25.6. The van der Waals surface area contributed by atoms with Gasteiger partial charge in [-0.05, 0) is 77.1 Å².